The lowest BCUT2D eigenvalue weighted by Crippen LogP contribution is -1.95. The zero-order chi connectivity index (χ0) is 18.6. The van der Waals surface area contributed by atoms with E-state index in [9.17, 15) is 5.26 Å². The van der Waals surface area contributed by atoms with Crippen LogP contribution in [0.4, 0.5) is 0 Å². The number of aromatic amines is 1. The standard InChI is InChI=1S/C21H16N4OS/c1-14-23-17(13-27-14)12-26-18-8-6-15(7-9-18)10-16(11-22)21-24-19-4-2-3-5-20(19)25-21/h2-10,13H,12H2,1H3,(H,24,25). The molecule has 5 nitrogen and oxygen atoms in total. The average molecular weight is 372 g/mol. The molecule has 2 heterocycles. The Morgan fingerprint density at radius 2 is 2.00 bits per heavy atom. The molecule has 0 fully saturated rings. The molecule has 0 atom stereocenters. The molecule has 132 valence electrons. The number of hydrogen-bond acceptors (Lipinski definition) is 5. The number of allylic oxidation sites excluding steroid dienone is 1. The van der Waals surface area contributed by atoms with E-state index in [1.54, 1.807) is 11.3 Å². The van der Waals surface area contributed by atoms with Gasteiger partial charge in [0.1, 0.15) is 24.3 Å². The fourth-order valence-corrected chi connectivity index (χ4v) is 3.29. The number of ether oxygens (including phenoxy) is 1. The van der Waals surface area contributed by atoms with Gasteiger partial charge in [-0.15, -0.1) is 11.3 Å². The Labute approximate surface area is 160 Å². The molecule has 0 saturated heterocycles. The van der Waals surface area contributed by atoms with Crippen LogP contribution in [0.25, 0.3) is 22.7 Å². The van der Waals surface area contributed by atoms with Gasteiger partial charge in [-0.3, -0.25) is 0 Å². The number of aromatic nitrogens is 3. The van der Waals surface area contributed by atoms with Crippen LogP contribution in [0.2, 0.25) is 0 Å². The number of para-hydroxylation sites is 2. The van der Waals surface area contributed by atoms with Gasteiger partial charge in [-0.2, -0.15) is 5.26 Å². The molecule has 0 aliphatic heterocycles. The van der Waals surface area contributed by atoms with Gasteiger partial charge in [0.05, 0.1) is 27.3 Å². The highest BCUT2D eigenvalue weighted by molar-refractivity contribution is 7.09. The van der Waals surface area contributed by atoms with Gasteiger partial charge in [0.25, 0.3) is 0 Å². The van der Waals surface area contributed by atoms with Gasteiger partial charge in [0.2, 0.25) is 0 Å². The van der Waals surface area contributed by atoms with Crippen molar-refractivity contribution in [2.24, 2.45) is 0 Å². The van der Waals surface area contributed by atoms with E-state index in [-0.39, 0.29) is 0 Å². The Morgan fingerprint density at radius 1 is 1.19 bits per heavy atom. The number of nitrogens with one attached hydrogen (secondary N) is 1. The van der Waals surface area contributed by atoms with Crippen molar-refractivity contribution < 1.29 is 4.74 Å². The van der Waals surface area contributed by atoms with Gasteiger partial charge >= 0.3 is 0 Å². The van der Waals surface area contributed by atoms with E-state index in [1.807, 2.05) is 66.9 Å². The van der Waals surface area contributed by atoms with Crippen LogP contribution in [0, 0.1) is 18.3 Å². The zero-order valence-electron chi connectivity index (χ0n) is 14.6. The Hall–Kier alpha value is -3.43. The molecule has 4 rings (SSSR count). The molecule has 0 saturated carbocycles. The summed E-state index contributed by atoms with van der Waals surface area (Å²) in [5, 5.41) is 12.6. The molecule has 0 aliphatic carbocycles. The maximum Gasteiger partial charge on any atom is 0.149 e. The number of benzene rings is 2. The second-order valence-electron chi connectivity index (χ2n) is 5.99. The number of thiazole rings is 1. The highest BCUT2D eigenvalue weighted by atomic mass is 32.1. The lowest BCUT2D eigenvalue weighted by atomic mass is 10.1. The van der Waals surface area contributed by atoms with E-state index in [4.69, 9.17) is 4.74 Å². The van der Waals surface area contributed by atoms with Crippen LogP contribution in [0.3, 0.4) is 0 Å². The molecular formula is C21H16N4OS. The Kier molecular flexibility index (Phi) is 4.69. The predicted octanol–water partition coefficient (Wildman–Crippen LogP) is 4.97. The summed E-state index contributed by atoms with van der Waals surface area (Å²) in [6.07, 6.45) is 1.81. The van der Waals surface area contributed by atoms with Crippen molar-refractivity contribution in [3.8, 4) is 11.8 Å². The van der Waals surface area contributed by atoms with Crippen LogP contribution in [-0.4, -0.2) is 15.0 Å². The highest BCUT2D eigenvalue weighted by Gasteiger charge is 2.07. The molecule has 1 N–H and O–H groups in total. The van der Waals surface area contributed by atoms with E-state index in [2.05, 4.69) is 21.0 Å². The minimum Gasteiger partial charge on any atom is -0.487 e. The predicted molar refractivity (Wildman–Crippen MR) is 107 cm³/mol. The molecule has 2 aromatic carbocycles. The van der Waals surface area contributed by atoms with Gasteiger partial charge in [0, 0.05) is 5.38 Å². The van der Waals surface area contributed by atoms with Gasteiger partial charge in [-0.25, -0.2) is 9.97 Å². The first-order valence-corrected chi connectivity index (χ1v) is 9.30. The zero-order valence-corrected chi connectivity index (χ0v) is 15.5. The van der Waals surface area contributed by atoms with Crippen molar-refractivity contribution in [3.05, 3.63) is 76.0 Å². The number of fused-ring (bicyclic) bond motifs is 1. The average Bonchev–Trinajstić information content (AvgIpc) is 3.31. The van der Waals surface area contributed by atoms with E-state index >= 15 is 0 Å². The van der Waals surface area contributed by atoms with Crippen LogP contribution < -0.4 is 4.74 Å². The SMILES string of the molecule is Cc1nc(COc2ccc(C=C(C#N)c3nc4ccccc4[nH]3)cc2)cs1. The molecule has 0 bridgehead atoms. The molecule has 6 heteroatoms. The van der Waals surface area contributed by atoms with Gasteiger partial charge in [0.15, 0.2) is 0 Å². The van der Waals surface area contributed by atoms with Crippen LogP contribution in [0.15, 0.2) is 53.9 Å². The van der Waals surface area contributed by atoms with Crippen molar-refractivity contribution in [3.63, 3.8) is 0 Å². The lowest BCUT2D eigenvalue weighted by molar-refractivity contribution is 0.302. The first kappa shape index (κ1) is 17.0. The van der Waals surface area contributed by atoms with Gasteiger partial charge in [-0.1, -0.05) is 24.3 Å². The van der Waals surface area contributed by atoms with Crippen molar-refractivity contribution in [2.75, 3.05) is 0 Å². The lowest BCUT2D eigenvalue weighted by Gasteiger charge is -2.04. The molecule has 0 aliphatic rings. The summed E-state index contributed by atoms with van der Waals surface area (Å²) < 4.78 is 5.76. The summed E-state index contributed by atoms with van der Waals surface area (Å²) >= 11 is 1.61. The van der Waals surface area contributed by atoms with Crippen LogP contribution in [0.5, 0.6) is 5.75 Å². The smallest absolute Gasteiger partial charge is 0.149 e. The van der Waals surface area contributed by atoms with E-state index in [0.717, 1.165) is 33.0 Å². The van der Waals surface area contributed by atoms with E-state index in [0.29, 0.717) is 18.0 Å². The maximum absolute atomic E-state index is 9.52. The summed E-state index contributed by atoms with van der Waals surface area (Å²) in [6, 6.07) is 17.6. The first-order valence-electron chi connectivity index (χ1n) is 8.42. The number of nitriles is 1. The topological polar surface area (TPSA) is 74.6 Å². The van der Waals surface area contributed by atoms with Crippen molar-refractivity contribution >= 4 is 34.0 Å². The van der Waals surface area contributed by atoms with Crippen LogP contribution >= 0.6 is 11.3 Å². The number of nitrogens with zero attached hydrogens (tertiary/aromatic N) is 3. The Bertz CT molecular complexity index is 1120. The molecule has 0 radical (unpaired) electrons. The second-order valence-corrected chi connectivity index (χ2v) is 7.05. The second kappa shape index (κ2) is 7.44. The monoisotopic (exact) mass is 372 g/mol. The third-order valence-corrected chi connectivity index (χ3v) is 4.83. The number of imidazole rings is 1. The number of rotatable bonds is 5. The number of H-pyrrole nitrogens is 1. The summed E-state index contributed by atoms with van der Waals surface area (Å²) in [7, 11) is 0. The minimum absolute atomic E-state index is 0.446. The minimum atomic E-state index is 0.446. The first-order chi connectivity index (χ1) is 13.2. The third kappa shape index (κ3) is 3.89. The summed E-state index contributed by atoms with van der Waals surface area (Å²) in [5.41, 5.74) is 4.07. The largest absolute Gasteiger partial charge is 0.487 e. The van der Waals surface area contributed by atoms with Crippen molar-refractivity contribution in [1.29, 1.82) is 5.26 Å². The third-order valence-electron chi connectivity index (χ3n) is 4.01. The van der Waals surface area contributed by atoms with Gasteiger partial charge in [-0.05, 0) is 42.8 Å². The Morgan fingerprint density at radius 3 is 2.70 bits per heavy atom. The fraction of sp³-hybridized carbons (Fsp3) is 0.0952. The van der Waals surface area contributed by atoms with E-state index < -0.39 is 0 Å². The number of aryl methyl sites for hydroxylation is 1. The Balaban J connectivity index is 1.50. The molecule has 0 unspecified atom stereocenters. The normalized spacial score (nSPS) is 11.5. The van der Waals surface area contributed by atoms with Crippen molar-refractivity contribution in [2.45, 2.75) is 13.5 Å². The molecule has 0 amide bonds. The number of hydrogen-bond donors (Lipinski definition) is 1. The van der Waals surface area contributed by atoms with Gasteiger partial charge < -0.3 is 9.72 Å². The molecule has 0 spiro atoms. The summed E-state index contributed by atoms with van der Waals surface area (Å²) in [5.74, 6) is 1.33. The molecular weight excluding hydrogens is 356 g/mol. The fourth-order valence-electron chi connectivity index (χ4n) is 2.69. The van der Waals surface area contributed by atoms with Crippen LogP contribution in [-0.2, 0) is 6.61 Å². The maximum atomic E-state index is 9.52. The summed E-state index contributed by atoms with van der Waals surface area (Å²) in [6.45, 7) is 2.42. The van der Waals surface area contributed by atoms with E-state index in [1.165, 1.54) is 0 Å². The highest BCUT2D eigenvalue weighted by Crippen LogP contribution is 2.21. The van der Waals surface area contributed by atoms with Crippen LogP contribution in [0.1, 0.15) is 22.1 Å². The quantitative estimate of drug-likeness (QED) is 0.502. The molecule has 2 aromatic heterocycles. The molecule has 27 heavy (non-hydrogen) atoms. The molecule has 4 aromatic rings. The van der Waals surface area contributed by atoms with Crippen molar-refractivity contribution in [1.82, 2.24) is 15.0 Å². The summed E-state index contributed by atoms with van der Waals surface area (Å²) in [4.78, 5) is 12.1.